The number of aromatic amines is 1. The van der Waals surface area contributed by atoms with Gasteiger partial charge < -0.3 is 37.5 Å². The molecule has 230 valence electrons. The normalized spacial score (nSPS) is 13.8. The van der Waals surface area contributed by atoms with Gasteiger partial charge in [0.05, 0.1) is 12.5 Å². The zero-order valence-corrected chi connectivity index (χ0v) is 25.4. The van der Waals surface area contributed by atoms with Crippen LogP contribution in [-0.4, -0.2) is 63.9 Å². The maximum Gasteiger partial charge on any atom is 0.305 e. The summed E-state index contributed by atoms with van der Waals surface area (Å²) in [7, 11) is 0. The maximum absolute atomic E-state index is 13.3. The van der Waals surface area contributed by atoms with Crippen LogP contribution in [0.3, 0.4) is 0 Å². The Morgan fingerprint density at radius 2 is 1.58 bits per heavy atom. The predicted molar refractivity (Wildman–Crippen MR) is 165 cm³/mol. The van der Waals surface area contributed by atoms with Crippen LogP contribution in [0.1, 0.15) is 43.7 Å². The Morgan fingerprint density at radius 3 is 2.26 bits per heavy atom. The number of primary amides is 1. The molecular formula is C30H37BrN6O6. The van der Waals surface area contributed by atoms with Crippen molar-refractivity contribution in [1.82, 2.24) is 20.9 Å². The largest absolute Gasteiger partial charge is 0.481 e. The van der Waals surface area contributed by atoms with Crippen LogP contribution >= 0.6 is 15.9 Å². The first-order valence-corrected chi connectivity index (χ1v) is 14.7. The monoisotopic (exact) mass is 656 g/mol. The summed E-state index contributed by atoms with van der Waals surface area (Å²) in [4.78, 5) is 66.3. The quantitative estimate of drug-likeness (QED) is 0.121. The molecule has 12 nitrogen and oxygen atoms in total. The molecule has 0 saturated heterocycles. The number of rotatable bonds is 16. The standard InChI is InChI=1S/C30H37BrN6O6/c1-2-3-10-23(35-28(41)21(32)14-18-16-34-22-11-5-4-9-20(18)22)29(42)37-25(15-26(38)39)30(43)36-24(27(33)40)13-17-7-6-8-19(31)12-17/h4-9,11-12,16,21,23-25,34H,2-3,10,13-15,32H2,1H3,(H2,33,40)(H,35,41)(H,36,43)(H,37,42)(H,38,39)/t21-,23-,24-,25-/m0/s1. The fourth-order valence-electron chi connectivity index (χ4n) is 4.64. The van der Waals surface area contributed by atoms with E-state index >= 15 is 0 Å². The highest BCUT2D eigenvalue weighted by Gasteiger charge is 2.31. The number of carboxylic acids is 1. The first kappa shape index (κ1) is 33.3. The molecular weight excluding hydrogens is 620 g/mol. The van der Waals surface area contributed by atoms with E-state index in [1.54, 1.807) is 30.5 Å². The molecule has 0 aliphatic heterocycles. The number of hydrogen-bond acceptors (Lipinski definition) is 6. The summed E-state index contributed by atoms with van der Waals surface area (Å²) in [6, 6.07) is 9.91. The van der Waals surface area contributed by atoms with Gasteiger partial charge in [0.1, 0.15) is 18.1 Å². The molecule has 4 amide bonds. The van der Waals surface area contributed by atoms with Gasteiger partial charge in [0.15, 0.2) is 0 Å². The first-order chi connectivity index (χ1) is 20.5. The molecule has 1 aromatic heterocycles. The smallest absolute Gasteiger partial charge is 0.305 e. The third kappa shape index (κ3) is 9.93. The summed E-state index contributed by atoms with van der Waals surface area (Å²) >= 11 is 3.34. The van der Waals surface area contributed by atoms with E-state index in [2.05, 4.69) is 36.9 Å². The SMILES string of the molecule is CCCC[C@H](NC(=O)[C@@H](N)Cc1c[nH]c2ccccc12)C(=O)N[C@@H](CC(=O)O)C(=O)N[C@@H](Cc1cccc(Br)c1)C(N)=O. The number of carbonyl (C=O) groups is 5. The number of para-hydroxylation sites is 1. The zero-order chi connectivity index (χ0) is 31.5. The summed E-state index contributed by atoms with van der Waals surface area (Å²) in [6.07, 6.45) is 2.82. The van der Waals surface area contributed by atoms with Crippen LogP contribution in [0.4, 0.5) is 0 Å². The molecule has 0 spiro atoms. The van der Waals surface area contributed by atoms with Crippen LogP contribution in [0.2, 0.25) is 0 Å². The second-order valence-corrected chi connectivity index (χ2v) is 11.2. The van der Waals surface area contributed by atoms with Crippen molar-refractivity contribution in [1.29, 1.82) is 0 Å². The summed E-state index contributed by atoms with van der Waals surface area (Å²) in [5.41, 5.74) is 14.2. The molecule has 9 N–H and O–H groups in total. The van der Waals surface area contributed by atoms with E-state index in [1.807, 2.05) is 31.2 Å². The summed E-state index contributed by atoms with van der Waals surface area (Å²) < 4.78 is 0.761. The van der Waals surface area contributed by atoms with Crippen molar-refractivity contribution in [2.75, 3.05) is 0 Å². The van der Waals surface area contributed by atoms with E-state index in [-0.39, 0.29) is 19.3 Å². The number of H-pyrrole nitrogens is 1. The van der Waals surface area contributed by atoms with Gasteiger partial charge in [-0.15, -0.1) is 0 Å². The van der Waals surface area contributed by atoms with Crippen LogP contribution in [-0.2, 0) is 36.8 Å². The Labute approximate surface area is 257 Å². The molecule has 0 radical (unpaired) electrons. The van der Waals surface area contributed by atoms with Crippen molar-refractivity contribution in [3.8, 4) is 0 Å². The Balaban J connectivity index is 1.70. The minimum atomic E-state index is -1.53. The molecule has 43 heavy (non-hydrogen) atoms. The number of benzene rings is 2. The van der Waals surface area contributed by atoms with Gasteiger partial charge in [0.25, 0.3) is 0 Å². The molecule has 3 rings (SSSR count). The Bertz CT molecular complexity index is 1460. The number of halogens is 1. The minimum absolute atomic E-state index is 0.0533. The average molecular weight is 658 g/mol. The maximum atomic E-state index is 13.3. The second-order valence-electron chi connectivity index (χ2n) is 10.3. The number of aromatic nitrogens is 1. The topological polar surface area (TPSA) is 209 Å². The number of nitrogens with two attached hydrogens (primary N) is 2. The highest BCUT2D eigenvalue weighted by Crippen LogP contribution is 2.19. The van der Waals surface area contributed by atoms with Crippen LogP contribution in [0.15, 0.2) is 59.2 Å². The molecule has 3 aromatic rings. The minimum Gasteiger partial charge on any atom is -0.481 e. The molecule has 0 fully saturated rings. The Hall–Kier alpha value is -4.23. The first-order valence-electron chi connectivity index (χ1n) is 14.0. The van der Waals surface area contributed by atoms with Gasteiger partial charge in [-0.25, -0.2) is 0 Å². The Morgan fingerprint density at radius 1 is 0.907 bits per heavy atom. The van der Waals surface area contributed by atoms with Gasteiger partial charge in [-0.1, -0.05) is 66.0 Å². The van der Waals surface area contributed by atoms with Crippen molar-refractivity contribution in [3.05, 3.63) is 70.3 Å². The number of nitrogens with one attached hydrogen (secondary N) is 4. The number of fused-ring (bicyclic) bond motifs is 1. The number of aliphatic carboxylic acids is 1. The van der Waals surface area contributed by atoms with E-state index in [9.17, 15) is 29.1 Å². The van der Waals surface area contributed by atoms with Crippen molar-refractivity contribution >= 4 is 56.4 Å². The van der Waals surface area contributed by atoms with Gasteiger partial charge in [-0.3, -0.25) is 24.0 Å². The molecule has 0 unspecified atom stereocenters. The van der Waals surface area contributed by atoms with Gasteiger partial charge in [-0.2, -0.15) is 0 Å². The zero-order valence-electron chi connectivity index (χ0n) is 23.8. The molecule has 0 aliphatic carbocycles. The summed E-state index contributed by atoms with van der Waals surface area (Å²) in [5, 5.41) is 17.9. The van der Waals surface area contributed by atoms with Gasteiger partial charge >= 0.3 is 5.97 Å². The fraction of sp³-hybridized carbons (Fsp3) is 0.367. The van der Waals surface area contributed by atoms with Crippen molar-refractivity contribution in [2.45, 2.75) is 69.6 Å². The van der Waals surface area contributed by atoms with E-state index in [0.29, 0.717) is 12.0 Å². The lowest BCUT2D eigenvalue weighted by atomic mass is 10.0. The fourth-order valence-corrected chi connectivity index (χ4v) is 5.08. The van der Waals surface area contributed by atoms with Crippen LogP contribution < -0.4 is 27.4 Å². The Kier molecular flexibility index (Phi) is 12.3. The highest BCUT2D eigenvalue weighted by atomic mass is 79.9. The molecule has 1 heterocycles. The molecule has 2 aromatic carbocycles. The number of unbranched alkanes of at least 4 members (excludes halogenated alkanes) is 1. The van der Waals surface area contributed by atoms with Gasteiger partial charge in [0.2, 0.25) is 23.6 Å². The number of carbonyl (C=O) groups excluding carboxylic acids is 4. The van der Waals surface area contributed by atoms with Crippen LogP contribution in [0.25, 0.3) is 10.9 Å². The van der Waals surface area contributed by atoms with Crippen LogP contribution in [0.5, 0.6) is 0 Å². The van der Waals surface area contributed by atoms with Crippen LogP contribution in [0, 0.1) is 0 Å². The molecule has 0 aliphatic rings. The second kappa shape index (κ2) is 15.8. The molecule has 4 atom stereocenters. The van der Waals surface area contributed by atoms with E-state index in [4.69, 9.17) is 11.5 Å². The average Bonchev–Trinajstić information content (AvgIpc) is 3.36. The van der Waals surface area contributed by atoms with Crippen molar-refractivity contribution in [2.24, 2.45) is 11.5 Å². The lowest BCUT2D eigenvalue weighted by Gasteiger charge is -2.25. The summed E-state index contributed by atoms with van der Waals surface area (Å²) in [6.45, 7) is 1.91. The van der Waals surface area contributed by atoms with Crippen molar-refractivity contribution in [3.63, 3.8) is 0 Å². The van der Waals surface area contributed by atoms with E-state index in [1.165, 1.54) is 0 Å². The lowest BCUT2D eigenvalue weighted by molar-refractivity contribution is -0.141. The summed E-state index contributed by atoms with van der Waals surface area (Å²) in [5.74, 6) is -4.39. The van der Waals surface area contributed by atoms with E-state index in [0.717, 1.165) is 27.4 Å². The molecule has 0 bridgehead atoms. The van der Waals surface area contributed by atoms with Gasteiger partial charge in [0, 0.05) is 28.0 Å². The third-order valence-corrected chi connectivity index (χ3v) is 7.42. The van der Waals surface area contributed by atoms with Gasteiger partial charge in [-0.05, 0) is 42.2 Å². The molecule has 0 saturated carbocycles. The number of carboxylic acid groups (broad SMARTS) is 1. The lowest BCUT2D eigenvalue weighted by Crippen LogP contribution is -2.58. The van der Waals surface area contributed by atoms with E-state index < -0.39 is 60.2 Å². The van der Waals surface area contributed by atoms with Crippen molar-refractivity contribution < 1.29 is 29.1 Å². The predicted octanol–water partition coefficient (Wildman–Crippen LogP) is 1.65. The molecule has 13 heteroatoms. The third-order valence-electron chi connectivity index (χ3n) is 6.93. The highest BCUT2D eigenvalue weighted by molar-refractivity contribution is 9.10. The number of hydrogen-bond donors (Lipinski definition) is 7. The number of amides is 4.